The number of aldehydes is 1. The van der Waals surface area contributed by atoms with Crippen molar-refractivity contribution < 1.29 is 4.79 Å². The molecule has 0 radical (unpaired) electrons. The molecule has 0 aliphatic heterocycles. The summed E-state index contributed by atoms with van der Waals surface area (Å²) in [6.07, 6.45) is 5.11. The van der Waals surface area contributed by atoms with E-state index in [9.17, 15) is 4.79 Å². The number of hydrogen-bond donors (Lipinski definition) is 0. The lowest BCUT2D eigenvalue weighted by Crippen LogP contribution is -2.08. The molecule has 0 amide bonds. The molecule has 1 atom stereocenters. The lowest BCUT2D eigenvalue weighted by Gasteiger charge is -2.11. The fraction of sp³-hybridized carbons (Fsp3) is 0.231. The van der Waals surface area contributed by atoms with Crippen molar-refractivity contribution in [3.05, 3.63) is 53.9 Å². The fourth-order valence-corrected chi connectivity index (χ4v) is 1.70. The molecule has 82 valence electrons. The first-order chi connectivity index (χ1) is 7.79. The summed E-state index contributed by atoms with van der Waals surface area (Å²) in [5.41, 5.74) is 1.90. The Morgan fingerprint density at radius 1 is 1.38 bits per heavy atom. The quantitative estimate of drug-likeness (QED) is 0.733. The third-order valence-electron chi connectivity index (χ3n) is 2.58. The Morgan fingerprint density at radius 3 is 2.75 bits per heavy atom. The molecule has 1 heterocycles. The molecule has 2 rings (SSSR count). The Bertz CT molecular complexity index is 462. The summed E-state index contributed by atoms with van der Waals surface area (Å²) in [6, 6.07) is 10.5. The lowest BCUT2D eigenvalue weighted by molar-refractivity contribution is 0.112. The first-order valence-electron chi connectivity index (χ1n) is 5.33. The van der Waals surface area contributed by atoms with Gasteiger partial charge in [0.05, 0.1) is 17.8 Å². The third-order valence-corrected chi connectivity index (χ3v) is 2.58. The molecule has 0 saturated heterocycles. The van der Waals surface area contributed by atoms with E-state index >= 15 is 0 Å². The van der Waals surface area contributed by atoms with E-state index in [1.165, 1.54) is 5.56 Å². The van der Waals surface area contributed by atoms with Gasteiger partial charge in [0.15, 0.2) is 6.29 Å². The molecule has 0 saturated carbocycles. The number of hydrogen-bond acceptors (Lipinski definition) is 2. The second kappa shape index (κ2) is 4.75. The van der Waals surface area contributed by atoms with Crippen molar-refractivity contribution in [2.24, 2.45) is 0 Å². The zero-order valence-corrected chi connectivity index (χ0v) is 9.21. The Labute approximate surface area is 94.7 Å². The lowest BCUT2D eigenvalue weighted by atomic mass is 10.1. The van der Waals surface area contributed by atoms with E-state index in [0.29, 0.717) is 5.56 Å². The first-order valence-corrected chi connectivity index (χ1v) is 5.33. The van der Waals surface area contributed by atoms with Crippen molar-refractivity contribution in [3.8, 4) is 0 Å². The van der Waals surface area contributed by atoms with E-state index in [1.54, 1.807) is 12.4 Å². The molecule has 1 unspecified atom stereocenters. The molecule has 3 nitrogen and oxygen atoms in total. The van der Waals surface area contributed by atoms with Gasteiger partial charge in [-0.15, -0.1) is 0 Å². The molecule has 3 heteroatoms. The Balaban J connectivity index is 2.08. The minimum Gasteiger partial charge on any atom is -0.298 e. The van der Waals surface area contributed by atoms with E-state index in [-0.39, 0.29) is 6.04 Å². The molecule has 0 bridgehead atoms. The molecule has 2 aromatic rings. The number of benzene rings is 1. The maximum atomic E-state index is 10.5. The summed E-state index contributed by atoms with van der Waals surface area (Å²) < 4.78 is 1.83. The van der Waals surface area contributed by atoms with Gasteiger partial charge < -0.3 is 0 Å². The highest BCUT2D eigenvalue weighted by Gasteiger charge is 2.07. The number of carbonyl (C=O) groups is 1. The third kappa shape index (κ3) is 2.37. The summed E-state index contributed by atoms with van der Waals surface area (Å²) in [5, 5.41) is 4.17. The van der Waals surface area contributed by atoms with Crippen molar-refractivity contribution in [1.82, 2.24) is 9.78 Å². The highest BCUT2D eigenvalue weighted by Crippen LogP contribution is 2.13. The van der Waals surface area contributed by atoms with Gasteiger partial charge in [-0.3, -0.25) is 9.48 Å². The molecule has 16 heavy (non-hydrogen) atoms. The van der Waals surface area contributed by atoms with Crippen LogP contribution in [0.25, 0.3) is 0 Å². The van der Waals surface area contributed by atoms with Crippen LogP contribution in [0.3, 0.4) is 0 Å². The largest absolute Gasteiger partial charge is 0.298 e. The Morgan fingerprint density at radius 2 is 2.12 bits per heavy atom. The average Bonchev–Trinajstić information content (AvgIpc) is 2.79. The maximum absolute atomic E-state index is 10.5. The van der Waals surface area contributed by atoms with Crippen LogP contribution >= 0.6 is 0 Å². The fourth-order valence-electron chi connectivity index (χ4n) is 1.70. The van der Waals surface area contributed by atoms with Gasteiger partial charge in [0, 0.05) is 6.20 Å². The maximum Gasteiger partial charge on any atom is 0.153 e. The van der Waals surface area contributed by atoms with Gasteiger partial charge in [-0.1, -0.05) is 30.3 Å². The second-order valence-electron chi connectivity index (χ2n) is 3.91. The number of carbonyl (C=O) groups excluding carboxylic acids is 1. The number of nitrogens with zero attached hydrogens (tertiary/aromatic N) is 2. The van der Waals surface area contributed by atoms with Gasteiger partial charge in [0.1, 0.15) is 0 Å². The van der Waals surface area contributed by atoms with Crippen LogP contribution < -0.4 is 0 Å². The molecular weight excluding hydrogens is 200 g/mol. The molecule has 0 N–H and O–H groups in total. The molecule has 1 aromatic heterocycles. The Hall–Kier alpha value is -1.90. The van der Waals surface area contributed by atoms with Crippen LogP contribution in [-0.2, 0) is 6.42 Å². The number of rotatable bonds is 4. The molecule has 0 aliphatic carbocycles. The van der Waals surface area contributed by atoms with Crippen molar-refractivity contribution in [1.29, 1.82) is 0 Å². The van der Waals surface area contributed by atoms with Gasteiger partial charge in [0.25, 0.3) is 0 Å². The van der Waals surface area contributed by atoms with E-state index in [2.05, 4.69) is 24.2 Å². The van der Waals surface area contributed by atoms with Gasteiger partial charge in [0.2, 0.25) is 0 Å². The summed E-state index contributed by atoms with van der Waals surface area (Å²) in [4.78, 5) is 10.5. The van der Waals surface area contributed by atoms with Crippen molar-refractivity contribution in [2.45, 2.75) is 19.4 Å². The van der Waals surface area contributed by atoms with Gasteiger partial charge in [-0.2, -0.15) is 5.10 Å². The minimum absolute atomic E-state index is 0.260. The second-order valence-corrected chi connectivity index (χ2v) is 3.91. The van der Waals surface area contributed by atoms with Crippen LogP contribution in [0.2, 0.25) is 0 Å². The smallest absolute Gasteiger partial charge is 0.153 e. The predicted octanol–water partition coefficient (Wildman–Crippen LogP) is 2.50. The van der Waals surface area contributed by atoms with Gasteiger partial charge >= 0.3 is 0 Å². The van der Waals surface area contributed by atoms with Crippen molar-refractivity contribution in [3.63, 3.8) is 0 Å². The highest BCUT2D eigenvalue weighted by molar-refractivity contribution is 5.73. The topological polar surface area (TPSA) is 34.9 Å². The summed E-state index contributed by atoms with van der Waals surface area (Å²) >= 11 is 0. The molecule has 1 aromatic carbocycles. The SMILES string of the molecule is CC(Cc1ccccc1)n1cc(C=O)cn1. The van der Waals surface area contributed by atoms with Gasteiger partial charge in [-0.25, -0.2) is 0 Å². The zero-order valence-electron chi connectivity index (χ0n) is 9.21. The summed E-state index contributed by atoms with van der Waals surface area (Å²) in [7, 11) is 0. The normalized spacial score (nSPS) is 12.3. The van der Waals surface area contributed by atoms with Crippen LogP contribution in [0.4, 0.5) is 0 Å². The monoisotopic (exact) mass is 214 g/mol. The molecule has 0 spiro atoms. The first kappa shape index (κ1) is 10.6. The molecule has 0 fully saturated rings. The van der Waals surface area contributed by atoms with Crippen LogP contribution in [0.5, 0.6) is 0 Å². The average molecular weight is 214 g/mol. The van der Waals surface area contributed by atoms with E-state index in [4.69, 9.17) is 0 Å². The van der Waals surface area contributed by atoms with E-state index in [1.807, 2.05) is 22.9 Å². The zero-order chi connectivity index (χ0) is 11.4. The molecular formula is C13H14N2O. The van der Waals surface area contributed by atoms with Crippen LogP contribution in [-0.4, -0.2) is 16.1 Å². The standard InChI is InChI=1S/C13H14N2O/c1-11(7-12-5-3-2-4-6-12)15-9-13(10-16)8-14-15/h2-6,8-11H,7H2,1H3. The summed E-state index contributed by atoms with van der Waals surface area (Å²) in [6.45, 7) is 2.09. The van der Waals surface area contributed by atoms with Crippen LogP contribution in [0, 0.1) is 0 Å². The molecule has 0 aliphatic rings. The van der Waals surface area contributed by atoms with Crippen LogP contribution in [0.15, 0.2) is 42.7 Å². The predicted molar refractivity (Wildman–Crippen MR) is 62.5 cm³/mol. The summed E-state index contributed by atoms with van der Waals surface area (Å²) in [5.74, 6) is 0. The van der Waals surface area contributed by atoms with Crippen molar-refractivity contribution >= 4 is 6.29 Å². The van der Waals surface area contributed by atoms with Gasteiger partial charge in [-0.05, 0) is 18.9 Å². The van der Waals surface area contributed by atoms with Crippen LogP contribution in [0.1, 0.15) is 28.9 Å². The Kier molecular flexibility index (Phi) is 3.15. The highest BCUT2D eigenvalue weighted by atomic mass is 16.1. The minimum atomic E-state index is 0.260. The van der Waals surface area contributed by atoms with E-state index in [0.717, 1.165) is 12.7 Å². The van der Waals surface area contributed by atoms with Crippen molar-refractivity contribution in [2.75, 3.05) is 0 Å². The van der Waals surface area contributed by atoms with E-state index < -0.39 is 0 Å². The number of aromatic nitrogens is 2.